The van der Waals surface area contributed by atoms with Crippen molar-refractivity contribution in [3.63, 3.8) is 0 Å². The van der Waals surface area contributed by atoms with E-state index in [-0.39, 0.29) is 17.8 Å². The molecule has 3 rings (SSSR count). The van der Waals surface area contributed by atoms with Gasteiger partial charge in [0.25, 0.3) is 0 Å². The van der Waals surface area contributed by atoms with E-state index in [1.807, 2.05) is 0 Å². The molecule has 4 nitrogen and oxygen atoms in total. The Balaban J connectivity index is 1.68. The summed E-state index contributed by atoms with van der Waals surface area (Å²) in [7, 11) is 0. The van der Waals surface area contributed by atoms with E-state index >= 15 is 0 Å². The van der Waals surface area contributed by atoms with Gasteiger partial charge in [-0.05, 0) is 37.5 Å². The molecule has 0 aromatic carbocycles. The van der Waals surface area contributed by atoms with Gasteiger partial charge >= 0.3 is 5.97 Å². The van der Waals surface area contributed by atoms with E-state index in [4.69, 9.17) is 4.74 Å². The van der Waals surface area contributed by atoms with Crippen molar-refractivity contribution in [2.75, 3.05) is 6.61 Å². The zero-order chi connectivity index (χ0) is 15.4. The maximum absolute atomic E-state index is 12.9. The third-order valence-corrected chi connectivity index (χ3v) is 5.87. The minimum atomic E-state index is -0.401. The average Bonchev–Trinajstić information content (AvgIpc) is 2.95. The van der Waals surface area contributed by atoms with Crippen LogP contribution in [0.3, 0.4) is 0 Å². The summed E-state index contributed by atoms with van der Waals surface area (Å²) < 4.78 is 4.98. The topological polar surface area (TPSA) is 55.4 Å². The lowest BCUT2D eigenvalue weighted by atomic mass is 9.69. The van der Waals surface area contributed by atoms with Crippen molar-refractivity contribution in [2.24, 2.45) is 17.8 Å². The molecule has 2 saturated carbocycles. The number of carbonyl (C=O) groups excluding carboxylic acids is 2. The van der Waals surface area contributed by atoms with Crippen LogP contribution in [0.5, 0.6) is 0 Å². The fraction of sp³-hybridized carbons (Fsp3) is 0.889. The molecule has 1 heterocycles. The quantitative estimate of drug-likeness (QED) is 0.812. The second kappa shape index (κ2) is 7.47. The summed E-state index contributed by atoms with van der Waals surface area (Å²) in [6, 6.07) is -0.401. The van der Waals surface area contributed by atoms with Crippen molar-refractivity contribution in [1.82, 2.24) is 5.32 Å². The van der Waals surface area contributed by atoms with Gasteiger partial charge in [-0.2, -0.15) is 0 Å². The number of hydrogen-bond donors (Lipinski definition) is 1. The smallest absolute Gasteiger partial charge is 0.328 e. The third kappa shape index (κ3) is 3.64. The molecule has 22 heavy (non-hydrogen) atoms. The maximum atomic E-state index is 12.9. The Kier molecular flexibility index (Phi) is 5.37. The first-order chi connectivity index (χ1) is 10.8. The third-order valence-electron chi connectivity index (χ3n) is 5.87. The molecule has 1 amide bonds. The molecule has 0 aromatic rings. The van der Waals surface area contributed by atoms with E-state index in [2.05, 4.69) is 5.32 Å². The molecule has 3 fully saturated rings. The SMILES string of the molecule is O=C(N[C@H]1CCOC1=O)C(C1CCCCC1)C1CCCCC1. The molecule has 1 saturated heterocycles. The van der Waals surface area contributed by atoms with Crippen LogP contribution in [0.2, 0.25) is 0 Å². The number of hydrogen-bond acceptors (Lipinski definition) is 3. The lowest BCUT2D eigenvalue weighted by molar-refractivity contribution is -0.142. The predicted molar refractivity (Wildman–Crippen MR) is 84.1 cm³/mol. The number of cyclic esters (lactones) is 1. The van der Waals surface area contributed by atoms with Crippen LogP contribution in [0.25, 0.3) is 0 Å². The average molecular weight is 307 g/mol. The molecule has 124 valence electrons. The molecular formula is C18H29NO3. The summed E-state index contributed by atoms with van der Waals surface area (Å²) in [5, 5.41) is 3.01. The molecule has 0 unspecified atom stereocenters. The summed E-state index contributed by atoms with van der Waals surface area (Å²) in [4.78, 5) is 24.6. The molecule has 0 radical (unpaired) electrons. The number of esters is 1. The highest BCUT2D eigenvalue weighted by Crippen LogP contribution is 2.40. The normalized spacial score (nSPS) is 27.9. The second-order valence-corrected chi connectivity index (χ2v) is 7.34. The van der Waals surface area contributed by atoms with Crippen molar-refractivity contribution in [3.05, 3.63) is 0 Å². The van der Waals surface area contributed by atoms with Crippen molar-refractivity contribution >= 4 is 11.9 Å². The van der Waals surface area contributed by atoms with E-state index in [0.29, 0.717) is 24.9 Å². The van der Waals surface area contributed by atoms with Crippen molar-refractivity contribution in [2.45, 2.75) is 76.7 Å². The van der Waals surface area contributed by atoms with Crippen LogP contribution >= 0.6 is 0 Å². The minimum Gasteiger partial charge on any atom is -0.464 e. The van der Waals surface area contributed by atoms with Gasteiger partial charge in [0, 0.05) is 12.3 Å². The Morgan fingerprint density at radius 3 is 1.91 bits per heavy atom. The van der Waals surface area contributed by atoms with E-state index in [0.717, 1.165) is 0 Å². The molecule has 4 heteroatoms. The Bertz CT molecular complexity index is 379. The lowest BCUT2D eigenvalue weighted by Gasteiger charge is -2.37. The lowest BCUT2D eigenvalue weighted by Crippen LogP contribution is -2.46. The zero-order valence-electron chi connectivity index (χ0n) is 13.5. The van der Waals surface area contributed by atoms with Crippen molar-refractivity contribution in [1.29, 1.82) is 0 Å². The number of rotatable bonds is 4. The summed E-state index contributed by atoms with van der Waals surface area (Å²) >= 11 is 0. The second-order valence-electron chi connectivity index (χ2n) is 7.34. The standard InChI is InChI=1S/C18H29NO3/c20-17(19-15-11-12-22-18(15)21)16(13-7-3-1-4-8-13)14-9-5-2-6-10-14/h13-16H,1-12H2,(H,19,20)/t15-/m0/s1. The fourth-order valence-electron chi connectivity index (χ4n) is 4.69. The van der Waals surface area contributed by atoms with Gasteiger partial charge < -0.3 is 10.1 Å². The van der Waals surface area contributed by atoms with Gasteiger partial charge in [0.05, 0.1) is 6.61 Å². The van der Waals surface area contributed by atoms with Crippen LogP contribution in [-0.2, 0) is 14.3 Å². The van der Waals surface area contributed by atoms with E-state index in [9.17, 15) is 9.59 Å². The summed E-state index contributed by atoms with van der Waals surface area (Å²) in [6.07, 6.45) is 13.0. The molecule has 2 aliphatic carbocycles. The number of nitrogens with one attached hydrogen (secondary N) is 1. The van der Waals surface area contributed by atoms with Crippen LogP contribution in [0.1, 0.15) is 70.6 Å². The first-order valence-corrected chi connectivity index (χ1v) is 9.22. The molecule has 0 bridgehead atoms. The van der Waals surface area contributed by atoms with Gasteiger partial charge in [-0.15, -0.1) is 0 Å². The Morgan fingerprint density at radius 2 is 1.45 bits per heavy atom. The van der Waals surface area contributed by atoms with Gasteiger partial charge in [-0.3, -0.25) is 4.79 Å². The number of carbonyl (C=O) groups is 2. The molecule has 1 atom stereocenters. The predicted octanol–water partition coefficient (Wildman–Crippen LogP) is 3.19. The highest BCUT2D eigenvalue weighted by molar-refractivity contribution is 5.86. The summed E-state index contributed by atoms with van der Waals surface area (Å²) in [5.74, 6) is 1.04. The Hall–Kier alpha value is -1.06. The Morgan fingerprint density at radius 1 is 0.909 bits per heavy atom. The van der Waals surface area contributed by atoms with E-state index in [1.54, 1.807) is 0 Å². The van der Waals surface area contributed by atoms with Crippen LogP contribution in [-0.4, -0.2) is 24.5 Å². The summed E-state index contributed by atoms with van der Waals surface area (Å²) in [5.41, 5.74) is 0. The number of ether oxygens (including phenoxy) is 1. The molecule has 0 aromatic heterocycles. The van der Waals surface area contributed by atoms with Crippen LogP contribution in [0.4, 0.5) is 0 Å². The van der Waals surface area contributed by atoms with Gasteiger partial charge in [0.15, 0.2) is 0 Å². The molecule has 0 spiro atoms. The van der Waals surface area contributed by atoms with Gasteiger partial charge in [0.2, 0.25) is 5.91 Å². The van der Waals surface area contributed by atoms with Gasteiger partial charge in [0.1, 0.15) is 6.04 Å². The largest absolute Gasteiger partial charge is 0.464 e. The fourth-order valence-corrected chi connectivity index (χ4v) is 4.69. The first kappa shape index (κ1) is 15.8. The molecule has 3 aliphatic rings. The summed E-state index contributed by atoms with van der Waals surface area (Å²) in [6.45, 7) is 0.446. The van der Waals surface area contributed by atoms with Crippen molar-refractivity contribution < 1.29 is 14.3 Å². The highest BCUT2D eigenvalue weighted by atomic mass is 16.5. The van der Waals surface area contributed by atoms with Gasteiger partial charge in [-0.25, -0.2) is 4.79 Å². The van der Waals surface area contributed by atoms with Crippen LogP contribution in [0.15, 0.2) is 0 Å². The monoisotopic (exact) mass is 307 g/mol. The zero-order valence-corrected chi connectivity index (χ0v) is 13.5. The van der Waals surface area contributed by atoms with Crippen LogP contribution < -0.4 is 5.32 Å². The highest BCUT2D eigenvalue weighted by Gasteiger charge is 2.38. The van der Waals surface area contributed by atoms with E-state index in [1.165, 1.54) is 64.2 Å². The van der Waals surface area contributed by atoms with Crippen molar-refractivity contribution in [3.8, 4) is 0 Å². The van der Waals surface area contributed by atoms with Crippen LogP contribution in [0, 0.1) is 17.8 Å². The molecule has 1 aliphatic heterocycles. The molecule has 1 N–H and O–H groups in total. The van der Waals surface area contributed by atoms with Gasteiger partial charge in [-0.1, -0.05) is 38.5 Å². The maximum Gasteiger partial charge on any atom is 0.328 e. The van der Waals surface area contributed by atoms with E-state index < -0.39 is 6.04 Å². The minimum absolute atomic E-state index is 0.119. The Labute approximate surface area is 133 Å². The first-order valence-electron chi connectivity index (χ1n) is 9.22. The number of amides is 1. The molecular weight excluding hydrogens is 278 g/mol.